The Balaban J connectivity index is 2.02. The van der Waals surface area contributed by atoms with E-state index in [1.54, 1.807) is 22.8 Å². The van der Waals surface area contributed by atoms with E-state index in [4.69, 9.17) is 9.47 Å². The lowest BCUT2D eigenvalue weighted by atomic mass is 9.65. The maximum absolute atomic E-state index is 14.0. The fourth-order valence-corrected chi connectivity index (χ4v) is 6.24. The summed E-state index contributed by atoms with van der Waals surface area (Å²) in [4.78, 5) is 44.2. The van der Waals surface area contributed by atoms with Gasteiger partial charge < -0.3 is 24.4 Å². The number of fused-ring (bicyclic) bond motifs is 1. The number of aliphatic hydroxyl groups is 1. The van der Waals surface area contributed by atoms with Crippen LogP contribution < -0.4 is 0 Å². The number of likely N-dealkylation sites (tertiary alicyclic amines) is 1. The van der Waals surface area contributed by atoms with Gasteiger partial charge in [0.1, 0.15) is 17.6 Å². The average Bonchev–Trinajstić information content (AvgIpc) is 3.40. The highest BCUT2D eigenvalue weighted by Crippen LogP contribution is 2.64. The fourth-order valence-electron chi connectivity index (χ4n) is 6.24. The van der Waals surface area contributed by atoms with E-state index >= 15 is 0 Å². The Labute approximate surface area is 197 Å². The van der Waals surface area contributed by atoms with Gasteiger partial charge in [0.25, 0.3) is 0 Å². The molecule has 3 aliphatic heterocycles. The van der Waals surface area contributed by atoms with Crippen molar-refractivity contribution in [1.82, 2.24) is 9.80 Å². The third kappa shape index (κ3) is 4.20. The van der Waals surface area contributed by atoms with Crippen LogP contribution in [0.2, 0.25) is 0 Å². The third-order valence-electron chi connectivity index (χ3n) is 7.71. The van der Waals surface area contributed by atoms with E-state index in [1.165, 1.54) is 0 Å². The van der Waals surface area contributed by atoms with Crippen molar-refractivity contribution >= 4 is 17.8 Å². The third-order valence-corrected chi connectivity index (χ3v) is 7.71. The van der Waals surface area contributed by atoms with Crippen LogP contribution in [0, 0.1) is 11.8 Å². The molecule has 2 bridgehead atoms. The summed E-state index contributed by atoms with van der Waals surface area (Å²) in [5.74, 6) is -2.26. The van der Waals surface area contributed by atoms with Crippen LogP contribution in [-0.2, 0) is 23.9 Å². The minimum Gasteiger partial charge on any atom is -0.466 e. The minimum atomic E-state index is -1.04. The molecule has 5 atom stereocenters. The van der Waals surface area contributed by atoms with Crippen LogP contribution in [0.4, 0.5) is 0 Å². The van der Waals surface area contributed by atoms with E-state index in [1.807, 2.05) is 6.92 Å². The van der Waals surface area contributed by atoms with E-state index < -0.39 is 35.0 Å². The molecule has 0 aromatic carbocycles. The highest BCUT2D eigenvalue weighted by Gasteiger charge is 2.79. The molecule has 0 aromatic rings. The molecule has 2 unspecified atom stereocenters. The SMILES string of the molecule is C=CCN(CCCCC)C(=O)C1N(CCCO)C(=O)[C@@H]2[C@H](C(=O)OCC)[C@]3(CC)CCC12O3. The van der Waals surface area contributed by atoms with Gasteiger partial charge in [-0.15, -0.1) is 6.58 Å². The lowest BCUT2D eigenvalue weighted by Gasteiger charge is -2.37. The number of rotatable bonds is 13. The molecule has 0 radical (unpaired) electrons. The second kappa shape index (κ2) is 10.6. The molecule has 33 heavy (non-hydrogen) atoms. The second-order valence-corrected chi connectivity index (χ2v) is 9.47. The molecule has 3 fully saturated rings. The number of nitrogens with zero attached hydrogens (tertiary/aromatic N) is 2. The lowest BCUT2D eigenvalue weighted by molar-refractivity contribution is -0.161. The van der Waals surface area contributed by atoms with E-state index in [0.717, 1.165) is 19.3 Å². The van der Waals surface area contributed by atoms with Crippen LogP contribution in [0.5, 0.6) is 0 Å². The molecule has 0 aliphatic carbocycles. The van der Waals surface area contributed by atoms with Gasteiger partial charge in [0, 0.05) is 26.2 Å². The van der Waals surface area contributed by atoms with Crippen molar-refractivity contribution in [2.24, 2.45) is 11.8 Å². The maximum Gasteiger partial charge on any atom is 0.312 e. The van der Waals surface area contributed by atoms with Crippen LogP contribution in [0.15, 0.2) is 12.7 Å². The first kappa shape index (κ1) is 25.7. The number of ether oxygens (including phenoxy) is 2. The van der Waals surface area contributed by atoms with Gasteiger partial charge in [0.05, 0.1) is 18.1 Å². The number of hydrogen-bond acceptors (Lipinski definition) is 6. The molecule has 8 nitrogen and oxygen atoms in total. The van der Waals surface area contributed by atoms with Crippen molar-refractivity contribution in [3.63, 3.8) is 0 Å². The Bertz CT molecular complexity index is 757. The van der Waals surface area contributed by atoms with E-state index in [-0.39, 0.29) is 31.6 Å². The number of carbonyl (C=O) groups excluding carboxylic acids is 3. The smallest absolute Gasteiger partial charge is 0.312 e. The standard InChI is InChI=1S/C25H40N2O6/c1-5-9-10-15-26(14-6-2)22(30)20-25-13-12-24(7-3,33-25)19(23(31)32-8-4)18(25)21(29)27(20)16-11-17-28/h6,18-20,28H,2,5,7-17H2,1,3-4H3/t18-,19+,20?,24-,25?/m0/s1. The molecule has 3 saturated heterocycles. The number of unbranched alkanes of at least 4 members (excludes halogenated alkanes) is 2. The Hall–Kier alpha value is -1.93. The molecule has 1 N–H and O–H groups in total. The highest BCUT2D eigenvalue weighted by molar-refractivity contribution is 5.98. The van der Waals surface area contributed by atoms with Gasteiger partial charge >= 0.3 is 5.97 Å². The van der Waals surface area contributed by atoms with Gasteiger partial charge in [-0.05, 0) is 39.0 Å². The molecule has 3 aliphatic rings. The summed E-state index contributed by atoms with van der Waals surface area (Å²) in [5.41, 5.74) is -1.82. The van der Waals surface area contributed by atoms with Crippen molar-refractivity contribution < 1.29 is 29.0 Å². The van der Waals surface area contributed by atoms with Gasteiger partial charge in [0.2, 0.25) is 11.8 Å². The van der Waals surface area contributed by atoms with Crippen LogP contribution >= 0.6 is 0 Å². The number of esters is 1. The van der Waals surface area contributed by atoms with Crippen molar-refractivity contribution in [2.75, 3.05) is 32.8 Å². The van der Waals surface area contributed by atoms with Crippen LogP contribution in [-0.4, -0.2) is 82.8 Å². The van der Waals surface area contributed by atoms with E-state index in [0.29, 0.717) is 38.8 Å². The number of amides is 2. The first-order valence-corrected chi connectivity index (χ1v) is 12.5. The van der Waals surface area contributed by atoms with Crippen molar-refractivity contribution in [3.05, 3.63) is 12.7 Å². The Morgan fingerprint density at radius 3 is 2.64 bits per heavy atom. The predicted molar refractivity (Wildman–Crippen MR) is 123 cm³/mol. The van der Waals surface area contributed by atoms with Gasteiger partial charge in [-0.3, -0.25) is 14.4 Å². The normalized spacial score (nSPS) is 32.2. The summed E-state index contributed by atoms with van der Waals surface area (Å²) >= 11 is 0. The summed E-state index contributed by atoms with van der Waals surface area (Å²) in [6.45, 7) is 11.0. The first-order valence-electron chi connectivity index (χ1n) is 12.5. The monoisotopic (exact) mass is 464 g/mol. The molecule has 8 heteroatoms. The zero-order valence-electron chi connectivity index (χ0n) is 20.4. The quantitative estimate of drug-likeness (QED) is 0.255. The number of carbonyl (C=O) groups is 3. The van der Waals surface area contributed by atoms with E-state index in [9.17, 15) is 19.5 Å². The average molecular weight is 465 g/mol. The van der Waals surface area contributed by atoms with Crippen molar-refractivity contribution in [1.29, 1.82) is 0 Å². The molecule has 3 rings (SSSR count). The minimum absolute atomic E-state index is 0.0870. The summed E-state index contributed by atoms with van der Waals surface area (Å²) < 4.78 is 12.1. The molecule has 0 saturated carbocycles. The summed E-state index contributed by atoms with van der Waals surface area (Å²) in [5, 5.41) is 9.44. The molecule has 2 amide bonds. The Morgan fingerprint density at radius 1 is 1.27 bits per heavy atom. The van der Waals surface area contributed by atoms with Gasteiger partial charge in [-0.1, -0.05) is 32.8 Å². The Morgan fingerprint density at radius 2 is 2.03 bits per heavy atom. The van der Waals surface area contributed by atoms with Crippen LogP contribution in [0.3, 0.4) is 0 Å². The van der Waals surface area contributed by atoms with Gasteiger partial charge in [-0.2, -0.15) is 0 Å². The maximum atomic E-state index is 14.0. The number of hydrogen-bond donors (Lipinski definition) is 1. The first-order chi connectivity index (χ1) is 15.9. The van der Waals surface area contributed by atoms with Crippen LogP contribution in [0.25, 0.3) is 0 Å². The number of aliphatic hydroxyl groups excluding tert-OH is 1. The summed E-state index contributed by atoms with van der Waals surface area (Å²) in [6.07, 6.45) is 6.72. The van der Waals surface area contributed by atoms with Crippen molar-refractivity contribution in [2.45, 2.75) is 83.0 Å². The molecule has 1 spiro atoms. The topological polar surface area (TPSA) is 96.4 Å². The predicted octanol–water partition coefficient (Wildman–Crippen LogP) is 2.29. The zero-order valence-corrected chi connectivity index (χ0v) is 20.4. The van der Waals surface area contributed by atoms with Gasteiger partial charge in [0.15, 0.2) is 0 Å². The molecular weight excluding hydrogens is 424 g/mol. The summed E-state index contributed by atoms with van der Waals surface area (Å²) in [6, 6.07) is -0.809. The van der Waals surface area contributed by atoms with Crippen molar-refractivity contribution in [3.8, 4) is 0 Å². The molecule has 3 heterocycles. The molecule has 186 valence electrons. The summed E-state index contributed by atoms with van der Waals surface area (Å²) in [7, 11) is 0. The molecule has 0 aromatic heterocycles. The molecular formula is C25H40N2O6. The van der Waals surface area contributed by atoms with Gasteiger partial charge in [-0.25, -0.2) is 0 Å². The Kier molecular flexibility index (Phi) is 8.22. The largest absolute Gasteiger partial charge is 0.466 e. The zero-order chi connectivity index (χ0) is 24.2. The van der Waals surface area contributed by atoms with E-state index in [2.05, 4.69) is 13.5 Å². The highest BCUT2D eigenvalue weighted by atomic mass is 16.6. The lowest BCUT2D eigenvalue weighted by Crippen LogP contribution is -2.56. The second-order valence-electron chi connectivity index (χ2n) is 9.47. The fraction of sp³-hybridized carbons (Fsp3) is 0.800. The van der Waals surface area contributed by atoms with Crippen LogP contribution in [0.1, 0.15) is 65.7 Å².